The average molecular weight is 785 g/mol. The van der Waals surface area contributed by atoms with Crippen LogP contribution < -0.4 is 0 Å². The topological polar surface area (TPSA) is 177 Å². The lowest BCUT2D eigenvalue weighted by atomic mass is 9.88. The molecule has 0 aromatic heterocycles. The van der Waals surface area contributed by atoms with Crippen LogP contribution in [0.2, 0.25) is 0 Å². The Labute approximate surface area is 325 Å². The minimum atomic E-state index is -4.82. The van der Waals surface area contributed by atoms with Gasteiger partial charge in [0.2, 0.25) is 0 Å². The molecular weight excluding hydrogens is 711 g/mol. The third-order valence-electron chi connectivity index (χ3n) is 9.79. The van der Waals surface area contributed by atoms with Gasteiger partial charge in [0.05, 0.1) is 18.8 Å². The molecule has 54 heavy (non-hydrogen) atoms. The smallest absolute Gasteiger partial charge is 0.462 e. The van der Waals surface area contributed by atoms with Gasteiger partial charge in [-0.15, -0.1) is 0 Å². The quantitative estimate of drug-likeness (QED) is 0.0212. The Bertz CT molecular complexity index is 1130. The van der Waals surface area contributed by atoms with Gasteiger partial charge in [-0.25, -0.2) is 4.57 Å². The summed E-state index contributed by atoms with van der Waals surface area (Å²) < 4.78 is 26.4. The highest BCUT2D eigenvalue weighted by Gasteiger charge is 2.39. The Balaban J connectivity index is 2.27. The fourth-order valence-electron chi connectivity index (χ4n) is 6.60. The molecule has 0 heterocycles. The molecule has 12 heteroatoms. The van der Waals surface area contributed by atoms with Crippen molar-refractivity contribution in [3.8, 4) is 0 Å². The van der Waals surface area contributed by atoms with Crippen molar-refractivity contribution >= 4 is 25.5 Å². The predicted octanol–water partition coefficient (Wildman–Crippen LogP) is 9.16. The molecule has 4 N–H and O–H groups in total. The highest BCUT2D eigenvalue weighted by atomic mass is 31.2. The number of unbranched alkanes of at least 4 members (excludes halogenated alkanes) is 14. The molecule has 11 nitrogen and oxygen atoms in total. The van der Waals surface area contributed by atoms with Crippen LogP contribution in [-0.4, -0.2) is 69.2 Å². The van der Waals surface area contributed by atoms with E-state index in [0.717, 1.165) is 77.0 Å². The molecule has 0 saturated heterocycles. The fraction of sp³-hybridized carbons (Fsp3) is 0.786. The molecule has 0 unspecified atom stereocenters. The van der Waals surface area contributed by atoms with Gasteiger partial charge >= 0.3 is 19.8 Å². The molecule has 0 aromatic rings. The van der Waals surface area contributed by atoms with Crippen molar-refractivity contribution in [2.45, 2.75) is 186 Å². The Morgan fingerprint density at radius 3 is 2.00 bits per heavy atom. The molecule has 0 aromatic carbocycles. The molecule has 0 aliphatic heterocycles. The number of rotatable bonds is 34. The minimum absolute atomic E-state index is 0.00722. The van der Waals surface area contributed by atoms with E-state index < -0.39 is 50.6 Å². The summed E-state index contributed by atoms with van der Waals surface area (Å²) in [5, 5.41) is 20.7. The van der Waals surface area contributed by atoms with Crippen molar-refractivity contribution in [2.75, 3.05) is 13.2 Å². The Morgan fingerprint density at radius 1 is 0.778 bits per heavy atom. The van der Waals surface area contributed by atoms with Gasteiger partial charge < -0.3 is 29.5 Å². The van der Waals surface area contributed by atoms with Gasteiger partial charge in [-0.2, -0.15) is 0 Å². The summed E-state index contributed by atoms with van der Waals surface area (Å²) in [5.41, 5.74) is 0. The van der Waals surface area contributed by atoms with E-state index in [0.29, 0.717) is 32.1 Å². The highest BCUT2D eigenvalue weighted by Crippen LogP contribution is 2.36. The molecule has 1 saturated carbocycles. The van der Waals surface area contributed by atoms with Crippen LogP contribution in [0.5, 0.6) is 0 Å². The number of carbonyl (C=O) groups is 3. The van der Waals surface area contributed by atoms with Gasteiger partial charge in [0.15, 0.2) is 6.10 Å². The molecule has 1 fully saturated rings. The molecule has 0 spiro atoms. The Kier molecular flexibility index (Phi) is 29.6. The second kappa shape index (κ2) is 32.0. The second-order valence-corrected chi connectivity index (χ2v) is 16.0. The first-order valence-electron chi connectivity index (χ1n) is 20.9. The third-order valence-corrected chi connectivity index (χ3v) is 10.3. The Morgan fingerprint density at radius 2 is 1.35 bits per heavy atom. The van der Waals surface area contributed by atoms with Crippen molar-refractivity contribution in [2.24, 2.45) is 11.8 Å². The number of carbonyl (C=O) groups excluding carboxylic acids is 3. The van der Waals surface area contributed by atoms with Gasteiger partial charge in [-0.3, -0.25) is 18.9 Å². The van der Waals surface area contributed by atoms with E-state index >= 15 is 0 Å². The van der Waals surface area contributed by atoms with Crippen LogP contribution in [0, 0.1) is 11.8 Å². The zero-order valence-corrected chi connectivity index (χ0v) is 34.2. The summed E-state index contributed by atoms with van der Waals surface area (Å²) in [4.78, 5) is 55.5. The zero-order chi connectivity index (χ0) is 39.9. The lowest BCUT2D eigenvalue weighted by Crippen LogP contribution is -2.29. The van der Waals surface area contributed by atoms with Crippen molar-refractivity contribution < 1.29 is 52.9 Å². The maximum Gasteiger partial charge on any atom is 0.469 e. The maximum atomic E-state index is 12.5. The number of esters is 2. The van der Waals surface area contributed by atoms with E-state index in [1.54, 1.807) is 12.2 Å². The predicted molar refractivity (Wildman–Crippen MR) is 212 cm³/mol. The molecule has 5 atom stereocenters. The fourth-order valence-corrected chi connectivity index (χ4v) is 6.96. The van der Waals surface area contributed by atoms with Crippen LogP contribution in [0.15, 0.2) is 36.5 Å². The molecule has 312 valence electrons. The summed E-state index contributed by atoms with van der Waals surface area (Å²) in [6.07, 6.45) is 30.5. The summed E-state index contributed by atoms with van der Waals surface area (Å²) >= 11 is 0. The van der Waals surface area contributed by atoms with Crippen molar-refractivity contribution in [1.29, 1.82) is 0 Å². The van der Waals surface area contributed by atoms with Crippen LogP contribution in [0.4, 0.5) is 0 Å². The van der Waals surface area contributed by atoms with Crippen molar-refractivity contribution in [1.82, 2.24) is 0 Å². The monoisotopic (exact) mass is 784 g/mol. The van der Waals surface area contributed by atoms with E-state index in [9.17, 15) is 29.2 Å². The van der Waals surface area contributed by atoms with Gasteiger partial charge in [-0.1, -0.05) is 127 Å². The number of aliphatic hydroxyl groups is 2. The summed E-state index contributed by atoms with van der Waals surface area (Å²) in [7, 11) is -4.82. The number of hydrogen-bond donors (Lipinski definition) is 4. The third kappa shape index (κ3) is 27.4. The summed E-state index contributed by atoms with van der Waals surface area (Å²) in [5.74, 6) is -1.66. The van der Waals surface area contributed by atoms with Crippen LogP contribution in [-0.2, 0) is 32.9 Å². The number of phosphoric ester groups is 1. The molecule has 1 aliphatic rings. The number of hydrogen-bond acceptors (Lipinski definition) is 9. The van der Waals surface area contributed by atoms with Crippen LogP contribution in [0.1, 0.15) is 168 Å². The zero-order valence-electron chi connectivity index (χ0n) is 33.3. The Hall–Kier alpha value is -2.14. The average Bonchev–Trinajstić information content (AvgIpc) is 3.40. The van der Waals surface area contributed by atoms with Crippen LogP contribution in [0.25, 0.3) is 0 Å². The van der Waals surface area contributed by atoms with Crippen LogP contribution in [0.3, 0.4) is 0 Å². The first-order chi connectivity index (χ1) is 26.0. The van der Waals surface area contributed by atoms with E-state index in [2.05, 4.69) is 42.7 Å². The number of ether oxygens (including phenoxy) is 2. The molecule has 0 bridgehead atoms. The van der Waals surface area contributed by atoms with Gasteiger partial charge in [0, 0.05) is 25.2 Å². The number of aliphatic hydroxyl groups excluding tert-OH is 2. The lowest BCUT2D eigenvalue weighted by molar-refractivity contribution is -0.161. The standard InChI is InChI=1S/C42H73O11P/c1-3-5-7-8-9-10-11-12-13-14-15-16-17-18-19-24-28-41(46)51-33-36(34-52-54(48,49)50)53-42(47)29-25-21-20-23-27-37-38(40(45)32-39(37)44)31-30-35(43)26-22-6-4-2/h9-10,12-13,30-31,35-39,43-44H,3-8,11,14-29,32-34H2,1-2H3,(H2,48,49,50)/b10-9-,13-12-,31-30+/t35-,36+,37+,38+,39-/m0/s1. The number of ketones is 1. The number of allylic oxidation sites excluding steroid dienone is 5. The second-order valence-electron chi connectivity index (χ2n) is 14.7. The number of Topliss-reactive ketones (excluding diaryl/α,β-unsaturated/α-hetero) is 1. The first kappa shape index (κ1) is 49.9. The van der Waals surface area contributed by atoms with Gasteiger partial charge in [-0.05, 0) is 63.7 Å². The van der Waals surface area contributed by atoms with Gasteiger partial charge in [0.25, 0.3) is 0 Å². The summed E-state index contributed by atoms with van der Waals surface area (Å²) in [6, 6.07) is 0. The normalized spacial score (nSPS) is 19.0. The van der Waals surface area contributed by atoms with E-state index in [-0.39, 0.29) is 37.6 Å². The summed E-state index contributed by atoms with van der Waals surface area (Å²) in [6.45, 7) is 3.35. The lowest BCUT2D eigenvalue weighted by Gasteiger charge is -2.19. The molecule has 0 amide bonds. The first-order valence-corrected chi connectivity index (χ1v) is 22.4. The van der Waals surface area contributed by atoms with E-state index in [4.69, 9.17) is 19.3 Å². The highest BCUT2D eigenvalue weighted by molar-refractivity contribution is 7.46. The van der Waals surface area contributed by atoms with Crippen LogP contribution >= 0.6 is 7.82 Å². The minimum Gasteiger partial charge on any atom is -0.462 e. The largest absolute Gasteiger partial charge is 0.469 e. The SMILES string of the molecule is CCCCC/C=C\C/C=C\CCCCCCCCC(=O)OC[C@H](COP(=O)(O)O)OC(=O)CCCCCC[C@H]1[C@@H](O)CC(=O)[C@@H]1/C=C/[C@@H](O)CCCCC. The molecule has 1 aliphatic carbocycles. The van der Waals surface area contributed by atoms with E-state index in [1.807, 2.05) is 0 Å². The molecule has 1 rings (SSSR count). The van der Waals surface area contributed by atoms with Crippen molar-refractivity contribution in [3.63, 3.8) is 0 Å². The molecular formula is C42H73O11P. The van der Waals surface area contributed by atoms with E-state index in [1.165, 1.54) is 25.7 Å². The van der Waals surface area contributed by atoms with Crippen molar-refractivity contribution in [3.05, 3.63) is 36.5 Å². The number of phosphoric acid groups is 1. The molecule has 0 radical (unpaired) electrons. The van der Waals surface area contributed by atoms with Gasteiger partial charge in [0.1, 0.15) is 12.4 Å². The maximum absolute atomic E-state index is 12.5.